The number of hydrogen-bond donors (Lipinski definition) is 0. The highest BCUT2D eigenvalue weighted by atomic mass is 16.3. The Hall–Kier alpha value is -6.85. The summed E-state index contributed by atoms with van der Waals surface area (Å²) in [7, 11) is 0. The standard InChI is InChI=1S/C45H28N4O/c1-4-13-29(14-5-1)34-20-12-21-37-38-27-32(24-26-41(38)50-42(34)37)33-23-25-36-35-19-10-11-22-39(35)49(40(36)28-33)45-47-43(30-15-6-2-7-16-30)46-44(48-45)31-17-8-3-9-18-31/h1-28H. The van der Waals surface area contributed by atoms with Gasteiger partial charge >= 0.3 is 0 Å². The molecule has 0 bridgehead atoms. The summed E-state index contributed by atoms with van der Waals surface area (Å²) in [4.78, 5) is 15.1. The van der Waals surface area contributed by atoms with Gasteiger partial charge in [0.25, 0.3) is 0 Å². The van der Waals surface area contributed by atoms with E-state index in [4.69, 9.17) is 19.4 Å². The summed E-state index contributed by atoms with van der Waals surface area (Å²) in [6.45, 7) is 0. The quantitative estimate of drug-likeness (QED) is 0.188. The second kappa shape index (κ2) is 11.4. The average Bonchev–Trinajstić information content (AvgIpc) is 3.74. The molecular weight excluding hydrogens is 613 g/mol. The van der Waals surface area contributed by atoms with Gasteiger partial charge in [-0.3, -0.25) is 4.57 Å². The molecule has 0 saturated heterocycles. The lowest BCUT2D eigenvalue weighted by molar-refractivity contribution is 0.670. The maximum atomic E-state index is 6.48. The fourth-order valence-corrected chi connectivity index (χ4v) is 7.09. The largest absolute Gasteiger partial charge is 0.455 e. The number of benzene rings is 7. The summed E-state index contributed by atoms with van der Waals surface area (Å²) in [6.07, 6.45) is 0. The van der Waals surface area contributed by atoms with Gasteiger partial charge in [0.15, 0.2) is 11.6 Å². The lowest BCUT2D eigenvalue weighted by atomic mass is 9.99. The maximum Gasteiger partial charge on any atom is 0.238 e. The van der Waals surface area contributed by atoms with Gasteiger partial charge in [-0.1, -0.05) is 146 Å². The van der Waals surface area contributed by atoms with Crippen LogP contribution in [0.1, 0.15) is 0 Å². The smallest absolute Gasteiger partial charge is 0.238 e. The first-order valence-electron chi connectivity index (χ1n) is 16.7. The zero-order valence-corrected chi connectivity index (χ0v) is 26.9. The summed E-state index contributed by atoms with van der Waals surface area (Å²) >= 11 is 0. The fraction of sp³-hybridized carbons (Fsp3) is 0. The summed E-state index contributed by atoms with van der Waals surface area (Å²) in [5.74, 6) is 1.83. The molecule has 0 aliphatic carbocycles. The van der Waals surface area contributed by atoms with Crippen molar-refractivity contribution in [2.45, 2.75) is 0 Å². The zero-order chi connectivity index (χ0) is 33.0. The molecule has 3 heterocycles. The molecule has 0 aliphatic rings. The molecule has 7 aromatic carbocycles. The van der Waals surface area contributed by atoms with E-state index in [1.54, 1.807) is 0 Å². The van der Waals surface area contributed by atoms with Crippen LogP contribution in [0.4, 0.5) is 0 Å². The van der Waals surface area contributed by atoms with Gasteiger partial charge in [-0.05, 0) is 41.0 Å². The van der Waals surface area contributed by atoms with Crippen LogP contribution in [0.25, 0.3) is 94.7 Å². The van der Waals surface area contributed by atoms with Crippen molar-refractivity contribution in [3.05, 3.63) is 170 Å². The van der Waals surface area contributed by atoms with E-state index in [1.165, 1.54) is 0 Å². The maximum absolute atomic E-state index is 6.48. The molecular formula is C45H28N4O. The summed E-state index contributed by atoms with van der Waals surface area (Å²) in [5.41, 5.74) is 10.1. The SMILES string of the molecule is c1ccc(-c2nc(-c3ccccc3)nc(-n3c4ccccc4c4ccc(-c5ccc6oc7c(-c8ccccc8)cccc7c6c5)cc43)n2)cc1. The van der Waals surface area contributed by atoms with Gasteiger partial charge in [-0.25, -0.2) is 4.98 Å². The highest BCUT2D eigenvalue weighted by molar-refractivity contribution is 6.12. The van der Waals surface area contributed by atoms with Gasteiger partial charge in [0.1, 0.15) is 11.2 Å². The first-order valence-corrected chi connectivity index (χ1v) is 16.7. The number of hydrogen-bond acceptors (Lipinski definition) is 4. The second-order valence-corrected chi connectivity index (χ2v) is 12.5. The Kier molecular flexibility index (Phi) is 6.42. The van der Waals surface area contributed by atoms with Crippen LogP contribution in [0.5, 0.6) is 0 Å². The van der Waals surface area contributed by atoms with Crippen molar-refractivity contribution < 1.29 is 4.42 Å². The van der Waals surface area contributed by atoms with Crippen molar-refractivity contribution in [2.24, 2.45) is 0 Å². The Morgan fingerprint density at radius 3 is 1.68 bits per heavy atom. The Bertz CT molecular complexity index is 2800. The lowest BCUT2D eigenvalue weighted by Crippen LogP contribution is -2.06. The lowest BCUT2D eigenvalue weighted by Gasteiger charge is -2.11. The van der Waals surface area contributed by atoms with Gasteiger partial charge < -0.3 is 4.42 Å². The molecule has 0 radical (unpaired) electrons. The van der Waals surface area contributed by atoms with Crippen LogP contribution in [0.2, 0.25) is 0 Å². The number of aromatic nitrogens is 4. The van der Waals surface area contributed by atoms with E-state index in [-0.39, 0.29) is 0 Å². The minimum atomic E-state index is 0.575. The van der Waals surface area contributed by atoms with Crippen molar-refractivity contribution in [3.8, 4) is 51.0 Å². The monoisotopic (exact) mass is 640 g/mol. The van der Waals surface area contributed by atoms with Crippen LogP contribution in [-0.4, -0.2) is 19.5 Å². The Balaban J connectivity index is 1.18. The first kappa shape index (κ1) is 28.2. The third kappa shape index (κ3) is 4.60. The minimum Gasteiger partial charge on any atom is -0.455 e. The molecule has 0 N–H and O–H groups in total. The topological polar surface area (TPSA) is 56.7 Å². The molecule has 3 aromatic heterocycles. The number of para-hydroxylation sites is 2. The van der Waals surface area contributed by atoms with Crippen LogP contribution in [0.3, 0.4) is 0 Å². The molecule has 0 saturated carbocycles. The molecule has 0 amide bonds. The van der Waals surface area contributed by atoms with Gasteiger partial charge in [0, 0.05) is 38.2 Å². The van der Waals surface area contributed by atoms with Gasteiger partial charge in [0.05, 0.1) is 11.0 Å². The fourth-order valence-electron chi connectivity index (χ4n) is 7.09. The normalized spacial score (nSPS) is 11.6. The van der Waals surface area contributed by atoms with Crippen LogP contribution in [-0.2, 0) is 0 Å². The van der Waals surface area contributed by atoms with E-state index in [1.807, 2.05) is 66.7 Å². The molecule has 10 aromatic rings. The molecule has 234 valence electrons. The Morgan fingerprint density at radius 1 is 0.380 bits per heavy atom. The zero-order valence-electron chi connectivity index (χ0n) is 26.9. The van der Waals surface area contributed by atoms with Gasteiger partial charge in [-0.15, -0.1) is 0 Å². The van der Waals surface area contributed by atoms with Crippen molar-refractivity contribution >= 4 is 43.7 Å². The van der Waals surface area contributed by atoms with Crippen molar-refractivity contribution in [1.82, 2.24) is 19.5 Å². The van der Waals surface area contributed by atoms with E-state index in [2.05, 4.69) is 108 Å². The third-order valence-corrected chi connectivity index (χ3v) is 9.48. The van der Waals surface area contributed by atoms with Crippen molar-refractivity contribution in [3.63, 3.8) is 0 Å². The van der Waals surface area contributed by atoms with Gasteiger partial charge in [-0.2, -0.15) is 9.97 Å². The summed E-state index contributed by atoms with van der Waals surface area (Å²) in [6, 6.07) is 58.6. The predicted octanol–water partition coefficient (Wildman–Crippen LogP) is 11.5. The van der Waals surface area contributed by atoms with Crippen molar-refractivity contribution in [1.29, 1.82) is 0 Å². The molecule has 0 fully saturated rings. The summed E-state index contributed by atoms with van der Waals surface area (Å²) in [5, 5.41) is 4.47. The number of nitrogens with zero attached hydrogens (tertiary/aromatic N) is 4. The van der Waals surface area contributed by atoms with Crippen LogP contribution < -0.4 is 0 Å². The molecule has 5 nitrogen and oxygen atoms in total. The van der Waals surface area contributed by atoms with E-state index in [9.17, 15) is 0 Å². The molecule has 0 atom stereocenters. The molecule has 10 rings (SSSR count). The average molecular weight is 641 g/mol. The number of fused-ring (bicyclic) bond motifs is 6. The molecule has 0 spiro atoms. The van der Waals surface area contributed by atoms with Crippen LogP contribution in [0.15, 0.2) is 174 Å². The van der Waals surface area contributed by atoms with E-state index >= 15 is 0 Å². The predicted molar refractivity (Wildman–Crippen MR) is 203 cm³/mol. The molecule has 50 heavy (non-hydrogen) atoms. The van der Waals surface area contributed by atoms with Gasteiger partial charge in [0.2, 0.25) is 5.95 Å². The first-order chi connectivity index (χ1) is 24.8. The van der Waals surface area contributed by atoms with E-state index < -0.39 is 0 Å². The summed E-state index contributed by atoms with van der Waals surface area (Å²) < 4.78 is 8.66. The highest BCUT2D eigenvalue weighted by Crippen LogP contribution is 2.39. The molecule has 0 aliphatic heterocycles. The molecule has 0 unspecified atom stereocenters. The van der Waals surface area contributed by atoms with Crippen molar-refractivity contribution in [2.75, 3.05) is 0 Å². The van der Waals surface area contributed by atoms with E-state index in [0.717, 1.165) is 77.1 Å². The Labute approximate surface area is 287 Å². The second-order valence-electron chi connectivity index (χ2n) is 12.5. The number of rotatable bonds is 5. The minimum absolute atomic E-state index is 0.575. The van der Waals surface area contributed by atoms with Crippen LogP contribution >= 0.6 is 0 Å². The van der Waals surface area contributed by atoms with E-state index in [0.29, 0.717) is 17.6 Å². The van der Waals surface area contributed by atoms with Crippen LogP contribution in [0, 0.1) is 0 Å². The molecule has 5 heteroatoms. The highest BCUT2D eigenvalue weighted by Gasteiger charge is 2.19. The Morgan fingerprint density at radius 2 is 0.960 bits per heavy atom. The number of furan rings is 1. The third-order valence-electron chi connectivity index (χ3n) is 9.48.